The molecule has 1 aliphatic carbocycles. The number of nitrogens with zero attached hydrogens (tertiary/aromatic N) is 3. The number of nitrogens with two attached hydrogens (primary N) is 1. The van der Waals surface area contributed by atoms with Crippen LogP contribution in [-0.2, 0) is 10.0 Å². The Kier molecular flexibility index (Phi) is 5.55. The second-order valence-electron chi connectivity index (χ2n) is 7.28. The maximum atomic E-state index is 12.1. The molecule has 1 heterocycles. The summed E-state index contributed by atoms with van der Waals surface area (Å²) in [5, 5.41) is 2.89. The Bertz CT molecular complexity index is 1160. The van der Waals surface area contributed by atoms with Crippen molar-refractivity contribution in [3.05, 3.63) is 54.7 Å². The smallest absolute Gasteiger partial charge is 0.235 e. The molecule has 0 atom stereocenters. The number of nitrogen functional groups attached to an aromatic ring is 1. The van der Waals surface area contributed by atoms with Gasteiger partial charge in [-0.2, -0.15) is 4.98 Å². The summed E-state index contributed by atoms with van der Waals surface area (Å²) in [6.45, 7) is 0. The standard InChI is InChI=1S/C21H24N6O3S/c1-27(16-7-9-17(30-2)10-8-16)21-23-13-19(22)20(25-21)24-14-3-5-15(6-4-14)26-31(28,29)18-11-12-18/h3-10,13,18,26H,11-12,22H2,1-2H3,(H,23,24,25). The summed E-state index contributed by atoms with van der Waals surface area (Å²) >= 11 is 0. The summed E-state index contributed by atoms with van der Waals surface area (Å²) in [5.41, 5.74) is 8.58. The number of methoxy groups -OCH3 is 1. The monoisotopic (exact) mass is 440 g/mol. The van der Waals surface area contributed by atoms with Crippen LogP contribution in [0, 0.1) is 0 Å². The highest BCUT2D eigenvalue weighted by atomic mass is 32.2. The lowest BCUT2D eigenvalue weighted by atomic mass is 10.3. The minimum Gasteiger partial charge on any atom is -0.497 e. The van der Waals surface area contributed by atoms with Crippen molar-refractivity contribution in [3.63, 3.8) is 0 Å². The van der Waals surface area contributed by atoms with Gasteiger partial charge in [0.1, 0.15) is 5.75 Å². The van der Waals surface area contributed by atoms with Gasteiger partial charge in [0.05, 0.1) is 24.2 Å². The average Bonchev–Trinajstić information content (AvgIpc) is 3.62. The topological polar surface area (TPSA) is 122 Å². The number of aromatic nitrogens is 2. The molecule has 0 saturated heterocycles. The first-order valence-electron chi connectivity index (χ1n) is 9.75. The Hall–Kier alpha value is -3.53. The van der Waals surface area contributed by atoms with Gasteiger partial charge in [-0.1, -0.05) is 0 Å². The first-order valence-corrected chi connectivity index (χ1v) is 11.3. The number of hydrogen-bond acceptors (Lipinski definition) is 8. The lowest BCUT2D eigenvalue weighted by Crippen LogP contribution is -2.17. The Balaban J connectivity index is 1.49. The summed E-state index contributed by atoms with van der Waals surface area (Å²) < 4.78 is 31.9. The van der Waals surface area contributed by atoms with Crippen LogP contribution in [0.4, 0.5) is 34.5 Å². The summed E-state index contributed by atoms with van der Waals surface area (Å²) in [6, 6.07) is 14.5. The lowest BCUT2D eigenvalue weighted by Gasteiger charge is -2.19. The Morgan fingerprint density at radius 1 is 1.06 bits per heavy atom. The molecular weight excluding hydrogens is 416 g/mol. The third kappa shape index (κ3) is 4.80. The van der Waals surface area contributed by atoms with E-state index >= 15 is 0 Å². The summed E-state index contributed by atoms with van der Waals surface area (Å²) in [4.78, 5) is 10.7. The molecule has 1 aromatic heterocycles. The van der Waals surface area contributed by atoms with Gasteiger partial charge in [-0.25, -0.2) is 13.4 Å². The maximum Gasteiger partial charge on any atom is 0.235 e. The number of nitrogens with one attached hydrogen (secondary N) is 2. The fraction of sp³-hybridized carbons (Fsp3) is 0.238. The van der Waals surface area contributed by atoms with Crippen LogP contribution in [0.15, 0.2) is 54.7 Å². The van der Waals surface area contributed by atoms with Gasteiger partial charge < -0.3 is 20.7 Å². The molecule has 0 aliphatic heterocycles. The molecule has 0 radical (unpaired) electrons. The zero-order valence-corrected chi connectivity index (χ0v) is 18.1. The molecule has 0 unspecified atom stereocenters. The second-order valence-corrected chi connectivity index (χ2v) is 9.24. The zero-order valence-electron chi connectivity index (χ0n) is 17.2. The quantitative estimate of drug-likeness (QED) is 0.487. The number of benzene rings is 2. The van der Waals surface area contributed by atoms with Gasteiger partial charge >= 0.3 is 0 Å². The van der Waals surface area contributed by atoms with Crippen molar-refractivity contribution < 1.29 is 13.2 Å². The molecule has 1 saturated carbocycles. The van der Waals surface area contributed by atoms with Crippen LogP contribution in [-0.4, -0.2) is 37.8 Å². The van der Waals surface area contributed by atoms with E-state index in [4.69, 9.17) is 10.5 Å². The molecule has 31 heavy (non-hydrogen) atoms. The molecule has 0 spiro atoms. The van der Waals surface area contributed by atoms with Crippen LogP contribution in [0.2, 0.25) is 0 Å². The van der Waals surface area contributed by atoms with Crippen molar-refractivity contribution in [1.29, 1.82) is 0 Å². The summed E-state index contributed by atoms with van der Waals surface area (Å²) in [5.74, 6) is 1.69. The van der Waals surface area contributed by atoms with Crippen LogP contribution >= 0.6 is 0 Å². The van der Waals surface area contributed by atoms with E-state index in [0.29, 0.717) is 23.1 Å². The number of hydrogen-bond donors (Lipinski definition) is 3. The largest absolute Gasteiger partial charge is 0.497 e. The molecule has 9 nitrogen and oxygen atoms in total. The van der Waals surface area contributed by atoms with E-state index in [-0.39, 0.29) is 5.25 Å². The Morgan fingerprint density at radius 2 is 1.71 bits per heavy atom. The van der Waals surface area contributed by atoms with Crippen LogP contribution in [0.3, 0.4) is 0 Å². The number of anilines is 6. The van der Waals surface area contributed by atoms with E-state index in [1.54, 1.807) is 37.6 Å². The molecule has 1 fully saturated rings. The normalized spacial score (nSPS) is 13.5. The predicted octanol–water partition coefficient (Wildman–Crippen LogP) is 3.48. The van der Waals surface area contributed by atoms with Crippen LogP contribution < -0.4 is 25.4 Å². The number of rotatable bonds is 8. The molecule has 4 rings (SSSR count). The van der Waals surface area contributed by atoms with Crippen molar-refractivity contribution in [1.82, 2.24) is 9.97 Å². The molecule has 162 valence electrons. The summed E-state index contributed by atoms with van der Waals surface area (Å²) in [6.07, 6.45) is 2.98. The highest BCUT2D eigenvalue weighted by Gasteiger charge is 2.35. The third-order valence-electron chi connectivity index (χ3n) is 4.94. The molecule has 2 aromatic carbocycles. The fourth-order valence-electron chi connectivity index (χ4n) is 2.95. The molecule has 1 aliphatic rings. The Labute approximate surface area is 181 Å². The lowest BCUT2D eigenvalue weighted by molar-refractivity contribution is 0.415. The molecule has 3 aromatic rings. The summed E-state index contributed by atoms with van der Waals surface area (Å²) in [7, 11) is 0.189. The van der Waals surface area contributed by atoms with Crippen LogP contribution in [0.5, 0.6) is 5.75 Å². The molecule has 10 heteroatoms. The van der Waals surface area contributed by atoms with Gasteiger partial charge in [-0.05, 0) is 61.4 Å². The fourth-order valence-corrected chi connectivity index (χ4v) is 4.34. The molecular formula is C21H24N6O3S. The van der Waals surface area contributed by atoms with E-state index in [0.717, 1.165) is 30.0 Å². The number of ether oxygens (including phenoxy) is 1. The second kappa shape index (κ2) is 8.31. The van der Waals surface area contributed by atoms with Crippen molar-refractivity contribution in [2.75, 3.05) is 34.8 Å². The molecule has 0 bridgehead atoms. The highest BCUT2D eigenvalue weighted by molar-refractivity contribution is 7.93. The van der Waals surface area contributed by atoms with E-state index in [1.807, 2.05) is 36.2 Å². The van der Waals surface area contributed by atoms with Gasteiger partial charge in [-0.3, -0.25) is 4.72 Å². The van der Waals surface area contributed by atoms with E-state index in [1.165, 1.54) is 0 Å². The first-order chi connectivity index (χ1) is 14.9. The van der Waals surface area contributed by atoms with E-state index < -0.39 is 10.0 Å². The minimum absolute atomic E-state index is 0.271. The third-order valence-corrected chi connectivity index (χ3v) is 6.80. The molecule has 4 N–H and O–H groups in total. The first kappa shape index (κ1) is 20.7. The van der Waals surface area contributed by atoms with Gasteiger partial charge in [-0.15, -0.1) is 0 Å². The van der Waals surface area contributed by atoms with Gasteiger partial charge in [0, 0.05) is 24.1 Å². The predicted molar refractivity (Wildman–Crippen MR) is 123 cm³/mol. The maximum absolute atomic E-state index is 12.1. The minimum atomic E-state index is -3.29. The highest BCUT2D eigenvalue weighted by Crippen LogP contribution is 2.31. The zero-order chi connectivity index (χ0) is 22.0. The van der Waals surface area contributed by atoms with E-state index in [9.17, 15) is 8.42 Å². The van der Waals surface area contributed by atoms with Gasteiger partial charge in [0.25, 0.3) is 0 Å². The van der Waals surface area contributed by atoms with Crippen molar-refractivity contribution in [2.45, 2.75) is 18.1 Å². The van der Waals surface area contributed by atoms with Crippen LogP contribution in [0.1, 0.15) is 12.8 Å². The van der Waals surface area contributed by atoms with Crippen molar-refractivity contribution in [3.8, 4) is 5.75 Å². The van der Waals surface area contributed by atoms with E-state index in [2.05, 4.69) is 20.0 Å². The van der Waals surface area contributed by atoms with Gasteiger partial charge in [0.15, 0.2) is 5.82 Å². The molecule has 0 amide bonds. The SMILES string of the molecule is COc1ccc(N(C)c2ncc(N)c(Nc3ccc(NS(=O)(=O)C4CC4)cc3)n2)cc1. The van der Waals surface area contributed by atoms with Gasteiger partial charge in [0.2, 0.25) is 16.0 Å². The Morgan fingerprint density at radius 3 is 2.32 bits per heavy atom. The van der Waals surface area contributed by atoms with Crippen molar-refractivity contribution >= 4 is 44.5 Å². The van der Waals surface area contributed by atoms with Crippen molar-refractivity contribution in [2.24, 2.45) is 0 Å². The average molecular weight is 441 g/mol. The number of sulfonamides is 1. The van der Waals surface area contributed by atoms with Crippen LogP contribution in [0.25, 0.3) is 0 Å².